The predicted molar refractivity (Wildman–Crippen MR) is 62.6 cm³/mol. The lowest BCUT2D eigenvalue weighted by Crippen LogP contribution is -2.24. The number of nitrogens with zero attached hydrogens (tertiary/aromatic N) is 4. The van der Waals surface area contributed by atoms with Crippen molar-refractivity contribution >= 4 is 5.97 Å². The van der Waals surface area contributed by atoms with Gasteiger partial charge in [-0.25, -0.2) is 14.8 Å². The van der Waals surface area contributed by atoms with E-state index >= 15 is 0 Å². The smallest absolute Gasteiger partial charge is 0.361 e. The van der Waals surface area contributed by atoms with Crippen molar-refractivity contribution in [3.05, 3.63) is 24.3 Å². The van der Waals surface area contributed by atoms with Crippen LogP contribution in [0.15, 0.2) is 18.6 Å². The van der Waals surface area contributed by atoms with Crippen LogP contribution in [0.2, 0.25) is 0 Å². The fourth-order valence-electron chi connectivity index (χ4n) is 1.31. The van der Waals surface area contributed by atoms with Gasteiger partial charge in [0.2, 0.25) is 0 Å². The molecule has 0 aromatic carbocycles. The number of H-pyrrole nitrogens is 1. The van der Waals surface area contributed by atoms with Crippen molar-refractivity contribution in [3.8, 4) is 11.4 Å². The third-order valence-corrected chi connectivity index (χ3v) is 1.96. The Labute approximate surface area is 104 Å². The molecule has 2 rings (SSSR count). The van der Waals surface area contributed by atoms with Crippen LogP contribution < -0.4 is 0 Å². The molecule has 0 spiro atoms. The standard InChI is InChI=1S/C11H13N5O2/c1-11(2,3)18-10(17)9-8(14-16-15-9)7-4-5-12-6-13-7/h4-6H,1-3H3,(H,14,15,16). The van der Waals surface area contributed by atoms with Gasteiger partial charge in [0.15, 0.2) is 5.69 Å². The number of aromatic nitrogens is 5. The number of carbonyl (C=O) groups excluding carboxylic acids is 1. The van der Waals surface area contributed by atoms with Crippen LogP contribution in [0.5, 0.6) is 0 Å². The molecule has 0 amide bonds. The average molecular weight is 247 g/mol. The van der Waals surface area contributed by atoms with Gasteiger partial charge in [0, 0.05) is 6.20 Å². The molecule has 2 heterocycles. The Morgan fingerprint density at radius 3 is 2.72 bits per heavy atom. The van der Waals surface area contributed by atoms with E-state index in [1.165, 1.54) is 6.33 Å². The summed E-state index contributed by atoms with van der Waals surface area (Å²) in [6.07, 6.45) is 2.94. The lowest BCUT2D eigenvalue weighted by molar-refractivity contribution is 0.00637. The molecule has 7 nitrogen and oxygen atoms in total. The fourth-order valence-corrected chi connectivity index (χ4v) is 1.31. The predicted octanol–water partition coefficient (Wildman–Crippen LogP) is 1.22. The summed E-state index contributed by atoms with van der Waals surface area (Å²) in [6, 6.07) is 1.64. The minimum Gasteiger partial charge on any atom is -0.455 e. The summed E-state index contributed by atoms with van der Waals surface area (Å²) in [5.74, 6) is -0.537. The SMILES string of the molecule is CC(C)(C)OC(=O)c1n[nH]nc1-c1ccncn1. The van der Waals surface area contributed by atoms with Crippen molar-refractivity contribution in [3.63, 3.8) is 0 Å². The molecule has 0 bridgehead atoms. The summed E-state index contributed by atoms with van der Waals surface area (Å²) < 4.78 is 5.24. The van der Waals surface area contributed by atoms with Gasteiger partial charge in [-0.15, -0.1) is 5.10 Å². The van der Waals surface area contributed by atoms with E-state index in [0.29, 0.717) is 11.4 Å². The van der Waals surface area contributed by atoms with E-state index < -0.39 is 11.6 Å². The molecule has 0 aliphatic carbocycles. The van der Waals surface area contributed by atoms with Gasteiger partial charge >= 0.3 is 5.97 Å². The first kappa shape index (κ1) is 12.2. The third-order valence-electron chi connectivity index (χ3n) is 1.96. The van der Waals surface area contributed by atoms with Crippen LogP contribution in [0.1, 0.15) is 31.3 Å². The third kappa shape index (κ3) is 2.68. The lowest BCUT2D eigenvalue weighted by atomic mass is 10.2. The van der Waals surface area contributed by atoms with Gasteiger partial charge in [-0.2, -0.15) is 10.3 Å². The molecule has 0 aliphatic heterocycles. The van der Waals surface area contributed by atoms with Crippen molar-refractivity contribution < 1.29 is 9.53 Å². The van der Waals surface area contributed by atoms with E-state index in [-0.39, 0.29) is 5.69 Å². The van der Waals surface area contributed by atoms with Crippen LogP contribution in [0.3, 0.4) is 0 Å². The van der Waals surface area contributed by atoms with Crippen LogP contribution in [0, 0.1) is 0 Å². The van der Waals surface area contributed by atoms with Crippen molar-refractivity contribution in [1.29, 1.82) is 0 Å². The van der Waals surface area contributed by atoms with Gasteiger partial charge in [0.1, 0.15) is 17.6 Å². The van der Waals surface area contributed by atoms with Crippen LogP contribution in [-0.2, 0) is 4.74 Å². The monoisotopic (exact) mass is 247 g/mol. The Morgan fingerprint density at radius 1 is 1.33 bits per heavy atom. The van der Waals surface area contributed by atoms with E-state index in [2.05, 4.69) is 25.4 Å². The molecule has 0 atom stereocenters. The first-order valence-electron chi connectivity index (χ1n) is 5.38. The summed E-state index contributed by atoms with van der Waals surface area (Å²) in [5, 5.41) is 10.1. The largest absolute Gasteiger partial charge is 0.455 e. The summed E-state index contributed by atoms with van der Waals surface area (Å²) in [4.78, 5) is 19.8. The molecule has 0 saturated heterocycles. The van der Waals surface area contributed by atoms with E-state index in [9.17, 15) is 4.79 Å². The van der Waals surface area contributed by atoms with Crippen molar-refractivity contribution in [1.82, 2.24) is 25.4 Å². The second-order valence-corrected chi connectivity index (χ2v) is 4.62. The van der Waals surface area contributed by atoms with Crippen LogP contribution >= 0.6 is 0 Å². The molecule has 1 N–H and O–H groups in total. The Morgan fingerprint density at radius 2 is 2.11 bits per heavy atom. The maximum absolute atomic E-state index is 11.9. The highest BCUT2D eigenvalue weighted by Crippen LogP contribution is 2.19. The molecule has 18 heavy (non-hydrogen) atoms. The number of aromatic amines is 1. The zero-order valence-electron chi connectivity index (χ0n) is 10.3. The normalized spacial score (nSPS) is 11.3. The molecule has 0 fully saturated rings. The Hall–Kier alpha value is -2.31. The molecular formula is C11H13N5O2. The first-order chi connectivity index (χ1) is 8.47. The Kier molecular flexibility index (Phi) is 3.05. The second kappa shape index (κ2) is 4.52. The van der Waals surface area contributed by atoms with Gasteiger partial charge in [0.05, 0.1) is 5.69 Å². The Bertz CT molecular complexity index is 544. The number of hydrogen-bond donors (Lipinski definition) is 1. The van der Waals surface area contributed by atoms with E-state index in [0.717, 1.165) is 0 Å². The number of rotatable bonds is 2. The van der Waals surface area contributed by atoms with E-state index in [1.54, 1.807) is 33.0 Å². The summed E-state index contributed by atoms with van der Waals surface area (Å²) >= 11 is 0. The van der Waals surface area contributed by atoms with Crippen LogP contribution in [-0.4, -0.2) is 36.9 Å². The van der Waals surface area contributed by atoms with Crippen molar-refractivity contribution in [2.75, 3.05) is 0 Å². The molecule has 0 unspecified atom stereocenters. The van der Waals surface area contributed by atoms with Crippen molar-refractivity contribution in [2.45, 2.75) is 26.4 Å². The number of esters is 1. The Balaban J connectivity index is 2.32. The second-order valence-electron chi connectivity index (χ2n) is 4.62. The summed E-state index contributed by atoms with van der Waals surface area (Å²) in [5.41, 5.74) is 0.397. The summed E-state index contributed by atoms with van der Waals surface area (Å²) in [6.45, 7) is 5.36. The first-order valence-corrected chi connectivity index (χ1v) is 5.38. The minimum absolute atomic E-state index is 0.114. The number of hydrogen-bond acceptors (Lipinski definition) is 6. The van der Waals surface area contributed by atoms with E-state index in [4.69, 9.17) is 4.74 Å². The molecule has 7 heteroatoms. The van der Waals surface area contributed by atoms with Crippen molar-refractivity contribution in [2.24, 2.45) is 0 Å². The van der Waals surface area contributed by atoms with Crippen LogP contribution in [0.25, 0.3) is 11.4 Å². The zero-order chi connectivity index (χ0) is 13.2. The maximum atomic E-state index is 11.9. The maximum Gasteiger partial charge on any atom is 0.361 e. The molecule has 94 valence electrons. The highest BCUT2D eigenvalue weighted by molar-refractivity contribution is 5.93. The molecular weight excluding hydrogens is 234 g/mol. The average Bonchev–Trinajstić information content (AvgIpc) is 2.76. The van der Waals surface area contributed by atoms with Gasteiger partial charge < -0.3 is 4.74 Å². The number of nitrogens with one attached hydrogen (secondary N) is 1. The van der Waals surface area contributed by atoms with Gasteiger partial charge in [0.25, 0.3) is 0 Å². The van der Waals surface area contributed by atoms with Gasteiger partial charge in [-0.1, -0.05) is 0 Å². The molecule has 2 aromatic rings. The fraction of sp³-hybridized carbons (Fsp3) is 0.364. The highest BCUT2D eigenvalue weighted by Gasteiger charge is 2.24. The molecule has 2 aromatic heterocycles. The summed E-state index contributed by atoms with van der Waals surface area (Å²) in [7, 11) is 0. The topological polar surface area (TPSA) is 93.7 Å². The van der Waals surface area contributed by atoms with Gasteiger partial charge in [-0.3, -0.25) is 0 Å². The minimum atomic E-state index is -0.584. The van der Waals surface area contributed by atoms with Crippen LogP contribution in [0.4, 0.5) is 0 Å². The quantitative estimate of drug-likeness (QED) is 0.802. The van der Waals surface area contributed by atoms with Gasteiger partial charge in [-0.05, 0) is 26.8 Å². The number of ether oxygens (including phenoxy) is 1. The van der Waals surface area contributed by atoms with E-state index in [1.807, 2.05) is 0 Å². The molecule has 0 radical (unpaired) electrons. The zero-order valence-corrected chi connectivity index (χ0v) is 10.3. The molecule has 0 aliphatic rings. The number of carbonyl (C=O) groups is 1. The highest BCUT2D eigenvalue weighted by atomic mass is 16.6. The molecule has 0 saturated carbocycles. The lowest BCUT2D eigenvalue weighted by Gasteiger charge is -2.18.